The lowest BCUT2D eigenvalue weighted by molar-refractivity contribution is 0.268. The summed E-state index contributed by atoms with van der Waals surface area (Å²) in [6, 6.07) is 14.4. The summed E-state index contributed by atoms with van der Waals surface area (Å²) in [7, 11) is 0. The summed E-state index contributed by atoms with van der Waals surface area (Å²) in [6.45, 7) is 4.95. The van der Waals surface area contributed by atoms with Crippen LogP contribution in [0.5, 0.6) is 0 Å². The van der Waals surface area contributed by atoms with Crippen LogP contribution in [-0.2, 0) is 13.1 Å². The van der Waals surface area contributed by atoms with Crippen molar-refractivity contribution >= 4 is 11.3 Å². The van der Waals surface area contributed by atoms with Gasteiger partial charge in [0.05, 0.1) is 5.69 Å². The maximum absolute atomic E-state index is 5.80. The first kappa shape index (κ1) is 13.6. The zero-order valence-corrected chi connectivity index (χ0v) is 12.2. The average Bonchev–Trinajstić information content (AvgIpc) is 2.89. The van der Waals surface area contributed by atoms with Crippen LogP contribution < -0.4 is 5.73 Å². The third kappa shape index (κ3) is 3.23. The van der Waals surface area contributed by atoms with Gasteiger partial charge in [0.15, 0.2) is 0 Å². The van der Waals surface area contributed by atoms with Crippen LogP contribution in [0.25, 0.3) is 5.65 Å². The molecule has 0 aliphatic heterocycles. The van der Waals surface area contributed by atoms with E-state index in [1.165, 1.54) is 5.56 Å². The summed E-state index contributed by atoms with van der Waals surface area (Å²) >= 11 is 0. The molecule has 21 heavy (non-hydrogen) atoms. The van der Waals surface area contributed by atoms with Crippen molar-refractivity contribution in [2.24, 2.45) is 0 Å². The van der Waals surface area contributed by atoms with Gasteiger partial charge in [0.25, 0.3) is 0 Å². The van der Waals surface area contributed by atoms with Crippen molar-refractivity contribution in [1.82, 2.24) is 14.3 Å². The van der Waals surface area contributed by atoms with Gasteiger partial charge >= 0.3 is 0 Å². The second-order valence-corrected chi connectivity index (χ2v) is 5.25. The molecule has 0 amide bonds. The number of nitrogens with two attached hydrogens (primary N) is 1. The largest absolute Gasteiger partial charge is 0.398 e. The van der Waals surface area contributed by atoms with E-state index in [-0.39, 0.29) is 0 Å². The van der Waals surface area contributed by atoms with Gasteiger partial charge in [-0.15, -0.1) is 0 Å². The third-order valence-corrected chi connectivity index (χ3v) is 3.61. The second kappa shape index (κ2) is 5.97. The molecule has 3 aromatic rings. The SMILES string of the molecule is CCN(Cc1ccccc1)Cc1cn2cc(N)ccc2n1. The van der Waals surface area contributed by atoms with Crippen molar-refractivity contribution in [3.63, 3.8) is 0 Å². The number of hydrogen-bond acceptors (Lipinski definition) is 3. The molecule has 0 aliphatic rings. The standard InChI is InChI=1S/C17H20N4/c1-2-20(10-14-6-4-3-5-7-14)12-16-13-21-11-15(18)8-9-17(21)19-16/h3-9,11,13H,2,10,12,18H2,1H3. The number of rotatable bonds is 5. The van der Waals surface area contributed by atoms with E-state index in [9.17, 15) is 0 Å². The van der Waals surface area contributed by atoms with E-state index in [4.69, 9.17) is 5.73 Å². The summed E-state index contributed by atoms with van der Waals surface area (Å²) < 4.78 is 1.99. The number of pyridine rings is 1. The van der Waals surface area contributed by atoms with Crippen LogP contribution >= 0.6 is 0 Å². The highest BCUT2D eigenvalue weighted by molar-refractivity contribution is 5.48. The van der Waals surface area contributed by atoms with Crippen LogP contribution in [0.3, 0.4) is 0 Å². The zero-order valence-electron chi connectivity index (χ0n) is 12.2. The van der Waals surface area contributed by atoms with Gasteiger partial charge in [0, 0.05) is 31.2 Å². The van der Waals surface area contributed by atoms with E-state index in [1.54, 1.807) is 0 Å². The van der Waals surface area contributed by atoms with Crippen LogP contribution in [0.2, 0.25) is 0 Å². The van der Waals surface area contributed by atoms with Gasteiger partial charge in [-0.2, -0.15) is 0 Å². The monoisotopic (exact) mass is 280 g/mol. The van der Waals surface area contributed by atoms with Gasteiger partial charge in [-0.25, -0.2) is 4.98 Å². The number of imidazole rings is 1. The Balaban J connectivity index is 1.76. The van der Waals surface area contributed by atoms with Gasteiger partial charge < -0.3 is 10.1 Å². The normalized spacial score (nSPS) is 11.3. The molecule has 4 nitrogen and oxygen atoms in total. The van der Waals surface area contributed by atoms with Crippen molar-refractivity contribution < 1.29 is 0 Å². The molecule has 2 aromatic heterocycles. The number of hydrogen-bond donors (Lipinski definition) is 1. The molecule has 0 atom stereocenters. The van der Waals surface area contributed by atoms with Gasteiger partial charge in [0.1, 0.15) is 5.65 Å². The highest BCUT2D eigenvalue weighted by Crippen LogP contribution is 2.12. The molecule has 4 heteroatoms. The minimum absolute atomic E-state index is 0.753. The topological polar surface area (TPSA) is 46.6 Å². The number of fused-ring (bicyclic) bond motifs is 1. The van der Waals surface area contributed by atoms with Crippen molar-refractivity contribution in [3.05, 3.63) is 66.1 Å². The molecule has 0 unspecified atom stereocenters. The summed E-state index contributed by atoms with van der Waals surface area (Å²) in [6.07, 6.45) is 3.96. The highest BCUT2D eigenvalue weighted by atomic mass is 15.1. The number of nitrogen functional groups attached to an aromatic ring is 1. The molecule has 1 aromatic carbocycles. The Morgan fingerprint density at radius 3 is 2.62 bits per heavy atom. The van der Waals surface area contributed by atoms with Crippen LogP contribution in [0.4, 0.5) is 5.69 Å². The Labute approximate surface area is 124 Å². The third-order valence-electron chi connectivity index (χ3n) is 3.61. The minimum atomic E-state index is 0.753. The molecule has 108 valence electrons. The molecule has 0 saturated heterocycles. The molecule has 0 saturated carbocycles. The predicted octanol–water partition coefficient (Wildman–Crippen LogP) is 2.94. The molecule has 2 N–H and O–H groups in total. The fourth-order valence-corrected chi connectivity index (χ4v) is 2.49. The molecular formula is C17H20N4. The van der Waals surface area contributed by atoms with E-state index in [1.807, 2.05) is 28.8 Å². The Hall–Kier alpha value is -2.33. The van der Waals surface area contributed by atoms with Gasteiger partial charge in [-0.3, -0.25) is 4.90 Å². The fraction of sp³-hybridized carbons (Fsp3) is 0.235. The van der Waals surface area contributed by atoms with Crippen LogP contribution in [-0.4, -0.2) is 20.8 Å². The van der Waals surface area contributed by atoms with Crippen LogP contribution in [0.1, 0.15) is 18.2 Å². The molecule has 0 bridgehead atoms. The average molecular weight is 280 g/mol. The lowest BCUT2D eigenvalue weighted by Crippen LogP contribution is -2.22. The molecule has 0 fully saturated rings. The van der Waals surface area contributed by atoms with E-state index in [0.717, 1.165) is 36.7 Å². The molecule has 0 aliphatic carbocycles. The zero-order chi connectivity index (χ0) is 14.7. The van der Waals surface area contributed by atoms with Gasteiger partial charge in [-0.05, 0) is 24.2 Å². The maximum atomic E-state index is 5.80. The van der Waals surface area contributed by atoms with E-state index in [2.05, 4.69) is 47.3 Å². The van der Waals surface area contributed by atoms with E-state index >= 15 is 0 Å². The van der Waals surface area contributed by atoms with E-state index in [0.29, 0.717) is 0 Å². The predicted molar refractivity (Wildman–Crippen MR) is 85.8 cm³/mol. The number of aromatic nitrogens is 2. The lowest BCUT2D eigenvalue weighted by Gasteiger charge is -2.19. The first-order chi connectivity index (χ1) is 10.2. The Kier molecular flexibility index (Phi) is 3.88. The first-order valence-electron chi connectivity index (χ1n) is 7.24. The van der Waals surface area contributed by atoms with Gasteiger partial charge in [0.2, 0.25) is 0 Å². The van der Waals surface area contributed by atoms with Crippen LogP contribution in [0.15, 0.2) is 54.9 Å². The number of benzene rings is 1. The summed E-state index contributed by atoms with van der Waals surface area (Å²) in [5.41, 5.74) is 9.89. The summed E-state index contributed by atoms with van der Waals surface area (Å²) in [5.74, 6) is 0. The molecule has 0 spiro atoms. The smallest absolute Gasteiger partial charge is 0.137 e. The Morgan fingerprint density at radius 1 is 1.05 bits per heavy atom. The van der Waals surface area contributed by atoms with Crippen molar-refractivity contribution in [3.8, 4) is 0 Å². The van der Waals surface area contributed by atoms with E-state index < -0.39 is 0 Å². The Bertz CT molecular complexity index is 718. The Morgan fingerprint density at radius 2 is 1.86 bits per heavy atom. The van der Waals surface area contributed by atoms with Gasteiger partial charge in [-0.1, -0.05) is 37.3 Å². The molecule has 0 radical (unpaired) electrons. The van der Waals surface area contributed by atoms with Crippen molar-refractivity contribution in [1.29, 1.82) is 0 Å². The summed E-state index contributed by atoms with van der Waals surface area (Å²) in [5, 5.41) is 0. The molecule has 2 heterocycles. The van der Waals surface area contributed by atoms with Crippen molar-refractivity contribution in [2.75, 3.05) is 12.3 Å². The fourth-order valence-electron chi connectivity index (χ4n) is 2.49. The second-order valence-electron chi connectivity index (χ2n) is 5.25. The van der Waals surface area contributed by atoms with Crippen molar-refractivity contribution in [2.45, 2.75) is 20.0 Å². The summed E-state index contributed by atoms with van der Waals surface area (Å²) in [4.78, 5) is 7.02. The van der Waals surface area contributed by atoms with Crippen LogP contribution in [0, 0.1) is 0 Å². The number of anilines is 1. The molecule has 3 rings (SSSR count). The number of nitrogens with zero attached hydrogens (tertiary/aromatic N) is 3. The first-order valence-corrected chi connectivity index (χ1v) is 7.24. The maximum Gasteiger partial charge on any atom is 0.137 e. The highest BCUT2D eigenvalue weighted by Gasteiger charge is 2.08. The minimum Gasteiger partial charge on any atom is -0.398 e. The molecular weight excluding hydrogens is 260 g/mol. The lowest BCUT2D eigenvalue weighted by atomic mass is 10.2. The quantitative estimate of drug-likeness (QED) is 0.781.